The van der Waals surface area contributed by atoms with Gasteiger partial charge in [0.05, 0.1) is 28.4 Å². The molecule has 0 saturated heterocycles. The first kappa shape index (κ1) is 28.8. The van der Waals surface area contributed by atoms with E-state index in [2.05, 4.69) is 60.2 Å². The van der Waals surface area contributed by atoms with E-state index in [1.165, 1.54) is 14.2 Å². The third-order valence-electron chi connectivity index (χ3n) is 7.95. The number of esters is 2. The Kier molecular flexibility index (Phi) is 11.1. The molecule has 1 atom stereocenters. The number of ether oxygens (including phenoxy) is 2. The fraction of sp³-hybridized carbons (Fsp3) is 0.760. The van der Waals surface area contributed by atoms with Crippen molar-refractivity contribution in [2.75, 3.05) is 14.2 Å². The van der Waals surface area contributed by atoms with E-state index in [1.54, 1.807) is 0 Å². The average Bonchev–Trinajstić information content (AvgIpc) is 3.18. The lowest BCUT2D eigenvalue weighted by molar-refractivity contribution is -0.168. The highest BCUT2D eigenvalue weighted by Crippen LogP contribution is 2.48. The van der Waals surface area contributed by atoms with Crippen LogP contribution in [-0.4, -0.2) is 48.7 Å². The van der Waals surface area contributed by atoms with Crippen LogP contribution in [0.25, 0.3) is 0 Å². The molecule has 1 saturated carbocycles. The standard InChI is InChI=1S/C25H46O5Si2/c1-10-31(11-2,12-3)19-22-18-25(23(26)28-8,24(27)29-9)17-21(22)16-20(7)30-32(13-4,14-5)15-6/h16,19-20H,10-15,17-18H2,1-9H3/b21-16+,22-19+. The first-order chi connectivity index (χ1) is 15.1. The molecule has 1 unspecified atom stereocenters. The van der Waals surface area contributed by atoms with Gasteiger partial charge >= 0.3 is 11.9 Å². The topological polar surface area (TPSA) is 61.8 Å². The van der Waals surface area contributed by atoms with Gasteiger partial charge in [0.15, 0.2) is 13.7 Å². The maximum absolute atomic E-state index is 12.9. The van der Waals surface area contributed by atoms with Crippen molar-refractivity contribution in [1.29, 1.82) is 0 Å². The molecule has 0 bridgehead atoms. The van der Waals surface area contributed by atoms with Gasteiger partial charge in [-0.25, -0.2) is 0 Å². The van der Waals surface area contributed by atoms with Crippen LogP contribution in [0, 0.1) is 5.41 Å². The lowest BCUT2D eigenvalue weighted by atomic mass is 9.85. The molecule has 1 rings (SSSR count). The van der Waals surface area contributed by atoms with Gasteiger partial charge in [-0.15, -0.1) is 0 Å². The smallest absolute Gasteiger partial charge is 0.323 e. The Bertz CT molecular complexity index is 673. The highest BCUT2D eigenvalue weighted by molar-refractivity contribution is 6.84. The summed E-state index contributed by atoms with van der Waals surface area (Å²) < 4.78 is 16.9. The number of rotatable bonds is 12. The minimum atomic E-state index is -1.77. The molecule has 184 valence electrons. The van der Waals surface area contributed by atoms with Gasteiger partial charge in [-0.05, 0) is 43.5 Å². The van der Waals surface area contributed by atoms with Crippen molar-refractivity contribution in [2.24, 2.45) is 5.41 Å². The summed E-state index contributed by atoms with van der Waals surface area (Å²) in [5.41, 5.74) is 3.31. The first-order valence-electron chi connectivity index (χ1n) is 12.4. The molecule has 1 aliphatic carbocycles. The van der Waals surface area contributed by atoms with Crippen molar-refractivity contribution in [3.63, 3.8) is 0 Å². The Balaban J connectivity index is 3.56. The van der Waals surface area contributed by atoms with Crippen LogP contribution in [0.3, 0.4) is 0 Å². The second kappa shape index (κ2) is 12.3. The van der Waals surface area contributed by atoms with Crippen molar-refractivity contribution < 1.29 is 23.5 Å². The van der Waals surface area contributed by atoms with Gasteiger partial charge in [-0.1, -0.05) is 77.0 Å². The third kappa shape index (κ3) is 6.03. The zero-order chi connectivity index (χ0) is 24.6. The van der Waals surface area contributed by atoms with Crippen LogP contribution in [0.15, 0.2) is 22.9 Å². The van der Waals surface area contributed by atoms with E-state index in [0.717, 1.165) is 47.4 Å². The van der Waals surface area contributed by atoms with Crippen LogP contribution in [0.5, 0.6) is 0 Å². The second-order valence-corrected chi connectivity index (χ2v) is 19.1. The lowest BCUT2D eigenvalue weighted by Crippen LogP contribution is -2.39. The van der Waals surface area contributed by atoms with Crippen LogP contribution in [0.2, 0.25) is 36.3 Å². The normalized spacial score (nSPS) is 19.9. The number of hydrogen-bond acceptors (Lipinski definition) is 5. The fourth-order valence-electron chi connectivity index (χ4n) is 5.15. The van der Waals surface area contributed by atoms with Crippen LogP contribution in [-0.2, 0) is 23.5 Å². The Morgan fingerprint density at radius 1 is 0.844 bits per heavy atom. The highest BCUT2D eigenvalue weighted by Gasteiger charge is 2.54. The van der Waals surface area contributed by atoms with Crippen LogP contribution < -0.4 is 0 Å². The van der Waals surface area contributed by atoms with E-state index in [4.69, 9.17) is 13.9 Å². The molecule has 0 aromatic carbocycles. The summed E-state index contributed by atoms with van der Waals surface area (Å²) in [6.45, 7) is 15.6. The quantitative estimate of drug-likeness (QED) is 0.182. The monoisotopic (exact) mass is 482 g/mol. The molecule has 0 heterocycles. The van der Waals surface area contributed by atoms with E-state index < -0.39 is 33.7 Å². The lowest BCUT2D eigenvalue weighted by Gasteiger charge is -2.31. The second-order valence-electron chi connectivity index (χ2n) is 9.27. The molecule has 0 radical (unpaired) electrons. The molecular formula is C25H46O5Si2. The Morgan fingerprint density at radius 3 is 1.66 bits per heavy atom. The fourth-order valence-corrected chi connectivity index (χ4v) is 11.1. The van der Waals surface area contributed by atoms with Crippen LogP contribution in [0.4, 0.5) is 0 Å². The number of allylic oxidation sites excluding steroid dienone is 2. The van der Waals surface area contributed by atoms with Crippen molar-refractivity contribution in [1.82, 2.24) is 0 Å². The van der Waals surface area contributed by atoms with E-state index >= 15 is 0 Å². The summed E-state index contributed by atoms with van der Waals surface area (Å²) >= 11 is 0. The Labute approximate surface area is 198 Å². The largest absolute Gasteiger partial charge is 0.468 e. The molecule has 0 aromatic rings. The van der Waals surface area contributed by atoms with Gasteiger partial charge in [0.1, 0.15) is 0 Å². The summed E-state index contributed by atoms with van der Waals surface area (Å²) in [5.74, 6) is -1.02. The Hall–Kier alpha value is -1.19. The van der Waals surface area contributed by atoms with Gasteiger partial charge in [0, 0.05) is 0 Å². The number of carbonyl (C=O) groups is 2. The summed E-state index contributed by atoms with van der Waals surface area (Å²) in [4.78, 5) is 25.7. The van der Waals surface area contributed by atoms with Gasteiger partial charge in [0.2, 0.25) is 0 Å². The molecule has 0 aliphatic heterocycles. The molecule has 0 spiro atoms. The maximum Gasteiger partial charge on any atom is 0.323 e. The minimum absolute atomic E-state index is 0.0630. The van der Waals surface area contributed by atoms with Crippen molar-refractivity contribution in [3.05, 3.63) is 22.9 Å². The zero-order valence-electron chi connectivity index (χ0n) is 21.9. The molecule has 0 amide bonds. The number of methoxy groups -OCH3 is 2. The van der Waals surface area contributed by atoms with Crippen LogP contribution >= 0.6 is 0 Å². The predicted octanol–water partition coefficient (Wildman–Crippen LogP) is 6.42. The summed E-state index contributed by atoms with van der Waals surface area (Å²) in [5, 5.41) is 0. The molecular weight excluding hydrogens is 436 g/mol. The first-order valence-corrected chi connectivity index (χ1v) is 17.6. The third-order valence-corrected chi connectivity index (χ3v) is 17.9. The van der Waals surface area contributed by atoms with Crippen molar-refractivity contribution in [2.45, 2.75) is 104 Å². The maximum atomic E-state index is 12.9. The molecule has 32 heavy (non-hydrogen) atoms. The van der Waals surface area contributed by atoms with E-state index in [9.17, 15) is 9.59 Å². The highest BCUT2D eigenvalue weighted by atomic mass is 28.4. The predicted molar refractivity (Wildman–Crippen MR) is 137 cm³/mol. The zero-order valence-corrected chi connectivity index (χ0v) is 23.9. The summed E-state index contributed by atoms with van der Waals surface area (Å²) in [7, 11) is -0.720. The van der Waals surface area contributed by atoms with Gasteiger partial charge in [-0.3, -0.25) is 9.59 Å². The average molecular weight is 483 g/mol. The number of hydrogen-bond donors (Lipinski definition) is 0. The van der Waals surface area contributed by atoms with Gasteiger partial charge in [0.25, 0.3) is 0 Å². The number of carbonyl (C=O) groups excluding carboxylic acids is 2. The van der Waals surface area contributed by atoms with E-state index in [1.807, 2.05) is 0 Å². The van der Waals surface area contributed by atoms with Gasteiger partial charge < -0.3 is 13.9 Å². The van der Waals surface area contributed by atoms with Crippen molar-refractivity contribution in [3.8, 4) is 0 Å². The summed E-state index contributed by atoms with van der Waals surface area (Å²) in [6, 6.07) is 6.68. The minimum Gasteiger partial charge on any atom is -0.468 e. The molecule has 1 aliphatic rings. The molecule has 1 fully saturated rings. The molecule has 7 heteroatoms. The van der Waals surface area contributed by atoms with Crippen molar-refractivity contribution >= 4 is 28.3 Å². The molecule has 0 N–H and O–H groups in total. The van der Waals surface area contributed by atoms with Crippen LogP contribution in [0.1, 0.15) is 61.3 Å². The van der Waals surface area contributed by atoms with E-state index in [-0.39, 0.29) is 6.10 Å². The SMILES string of the molecule is CC[Si](/C=C1\CC(C(=O)OC)(C(=O)OC)C\C1=C/C(C)O[Si](CC)(CC)CC)(CC)CC. The molecule has 0 aromatic heterocycles. The van der Waals surface area contributed by atoms with Gasteiger partial charge in [-0.2, -0.15) is 0 Å². The van der Waals surface area contributed by atoms with E-state index in [0.29, 0.717) is 12.8 Å². The Morgan fingerprint density at radius 2 is 1.28 bits per heavy atom. The molecule has 5 nitrogen and oxygen atoms in total. The summed E-state index contributed by atoms with van der Waals surface area (Å²) in [6.07, 6.45) is 2.75.